The van der Waals surface area contributed by atoms with Crippen molar-refractivity contribution in [2.75, 3.05) is 13.2 Å². The van der Waals surface area contributed by atoms with Gasteiger partial charge in [0, 0.05) is 33.3 Å². The molecule has 0 bridgehead atoms. The highest BCUT2D eigenvalue weighted by Gasteiger charge is 2.52. The summed E-state index contributed by atoms with van der Waals surface area (Å²) in [4.78, 5) is 15.5. The summed E-state index contributed by atoms with van der Waals surface area (Å²) in [7, 11) is 0. The lowest BCUT2D eigenvalue weighted by atomic mass is 9.89. The summed E-state index contributed by atoms with van der Waals surface area (Å²) in [5.74, 6) is -0.237. The summed E-state index contributed by atoms with van der Waals surface area (Å²) in [5, 5.41) is 21.3. The smallest absolute Gasteiger partial charge is 0.257 e. The number of carbonyl (C=O) groups is 1. The molecule has 2 N–H and O–H groups in total. The summed E-state index contributed by atoms with van der Waals surface area (Å²) in [6.45, 7) is 3.40. The molecule has 0 saturated heterocycles. The lowest BCUT2D eigenvalue weighted by molar-refractivity contribution is -0.118. The monoisotopic (exact) mass is 485 g/mol. The summed E-state index contributed by atoms with van der Waals surface area (Å²) in [6.07, 6.45) is 0. The van der Waals surface area contributed by atoms with Crippen molar-refractivity contribution >= 4 is 29.1 Å². The Morgan fingerprint density at radius 1 is 0.970 bits per heavy atom. The maximum absolute atomic E-state index is 13.8. The fourth-order valence-corrected chi connectivity index (χ4v) is 4.46. The van der Waals surface area contributed by atoms with Crippen LogP contribution in [0.2, 0.25) is 10.0 Å². The van der Waals surface area contributed by atoms with Gasteiger partial charge in [0.15, 0.2) is 5.72 Å². The number of benzene rings is 3. The average Bonchev–Trinajstić information content (AvgIpc) is 3.02. The molecule has 172 valence electrons. The van der Waals surface area contributed by atoms with Crippen LogP contribution in [0.5, 0.6) is 0 Å². The molecule has 3 aromatic carbocycles. The molecule has 7 heteroatoms. The van der Waals surface area contributed by atoms with E-state index in [1.807, 2.05) is 30.3 Å². The summed E-state index contributed by atoms with van der Waals surface area (Å²) in [6, 6.07) is 19.7. The van der Waals surface area contributed by atoms with Gasteiger partial charge in [-0.1, -0.05) is 59.6 Å². The number of nitrogens with zero attached hydrogens (tertiary/aromatic N) is 1. The van der Waals surface area contributed by atoms with Crippen molar-refractivity contribution in [2.45, 2.75) is 31.7 Å². The third-order valence-electron chi connectivity index (χ3n) is 5.84. The second kappa shape index (κ2) is 9.09. The number of halogens is 2. The van der Waals surface area contributed by atoms with Crippen LogP contribution in [0.15, 0.2) is 66.7 Å². The predicted molar refractivity (Wildman–Crippen MR) is 128 cm³/mol. The molecule has 3 aromatic rings. The SMILES string of the molecule is CC(C)(O)c1ccc2c(c1)C(=O)N(Cc1ccc(Cl)cc1)C2(OCCO)c1ccc(Cl)cc1. The first kappa shape index (κ1) is 23.7. The van der Waals surface area contributed by atoms with Crippen molar-refractivity contribution in [1.29, 1.82) is 0 Å². The maximum atomic E-state index is 13.8. The molecule has 1 heterocycles. The summed E-state index contributed by atoms with van der Waals surface area (Å²) < 4.78 is 6.32. The van der Waals surface area contributed by atoms with Gasteiger partial charge in [0.1, 0.15) is 0 Å². The molecule has 0 saturated carbocycles. The second-order valence-electron chi connectivity index (χ2n) is 8.56. The van der Waals surface area contributed by atoms with Crippen molar-refractivity contribution in [2.24, 2.45) is 0 Å². The minimum atomic E-state index is -1.28. The molecule has 1 amide bonds. The third-order valence-corrected chi connectivity index (χ3v) is 6.34. The van der Waals surface area contributed by atoms with Crippen LogP contribution in [-0.4, -0.2) is 34.2 Å². The van der Waals surface area contributed by atoms with Gasteiger partial charge < -0.3 is 14.9 Å². The molecule has 0 fully saturated rings. The molecular formula is C26H25Cl2NO4. The van der Waals surface area contributed by atoms with Crippen molar-refractivity contribution in [1.82, 2.24) is 4.90 Å². The Kier molecular flexibility index (Phi) is 6.54. The van der Waals surface area contributed by atoms with Crippen LogP contribution < -0.4 is 0 Å². The van der Waals surface area contributed by atoms with E-state index in [0.717, 1.165) is 5.56 Å². The molecule has 5 nitrogen and oxygen atoms in total. The molecule has 0 radical (unpaired) electrons. The Hall–Kier alpha value is -2.41. The van der Waals surface area contributed by atoms with Gasteiger partial charge in [-0.15, -0.1) is 0 Å². The summed E-state index contributed by atoms with van der Waals surface area (Å²) in [5.41, 5.74) is 0.883. The Morgan fingerprint density at radius 3 is 2.15 bits per heavy atom. The minimum absolute atomic E-state index is 0.0136. The highest BCUT2D eigenvalue weighted by molar-refractivity contribution is 6.30. The van der Waals surface area contributed by atoms with Crippen LogP contribution in [0.25, 0.3) is 0 Å². The number of fused-ring (bicyclic) bond motifs is 1. The lowest BCUT2D eigenvalue weighted by Gasteiger charge is -2.39. The molecule has 33 heavy (non-hydrogen) atoms. The fraction of sp³-hybridized carbons (Fsp3) is 0.269. The highest BCUT2D eigenvalue weighted by Crippen LogP contribution is 2.47. The summed E-state index contributed by atoms with van der Waals surface area (Å²) >= 11 is 12.2. The molecule has 4 rings (SSSR count). The van der Waals surface area contributed by atoms with Gasteiger partial charge in [-0.3, -0.25) is 9.69 Å². The number of amides is 1. The number of carbonyl (C=O) groups excluding carboxylic acids is 1. The first-order valence-electron chi connectivity index (χ1n) is 10.6. The number of hydrogen-bond donors (Lipinski definition) is 2. The molecule has 0 aromatic heterocycles. The van der Waals surface area contributed by atoms with Gasteiger partial charge in [0.2, 0.25) is 0 Å². The zero-order valence-electron chi connectivity index (χ0n) is 18.4. The highest BCUT2D eigenvalue weighted by atomic mass is 35.5. The van der Waals surface area contributed by atoms with Crippen LogP contribution in [0.3, 0.4) is 0 Å². The Balaban J connectivity index is 1.93. The number of rotatable bonds is 7. The Morgan fingerprint density at radius 2 is 1.58 bits per heavy atom. The normalized spacial score (nSPS) is 18.0. The van der Waals surface area contributed by atoms with Gasteiger partial charge in [-0.25, -0.2) is 0 Å². The van der Waals surface area contributed by atoms with E-state index in [-0.39, 0.29) is 25.7 Å². The molecule has 0 aliphatic carbocycles. The Labute approximate surface area is 203 Å². The largest absolute Gasteiger partial charge is 0.394 e. The van der Waals surface area contributed by atoms with Crippen molar-refractivity contribution in [3.05, 3.63) is 105 Å². The van der Waals surface area contributed by atoms with Crippen LogP contribution in [0.4, 0.5) is 0 Å². The second-order valence-corrected chi connectivity index (χ2v) is 9.43. The lowest BCUT2D eigenvalue weighted by Crippen LogP contribution is -2.47. The van der Waals surface area contributed by atoms with Gasteiger partial charge >= 0.3 is 0 Å². The Bertz CT molecular complexity index is 1160. The first-order chi connectivity index (χ1) is 15.7. The van der Waals surface area contributed by atoms with Crippen LogP contribution in [0.1, 0.15) is 46.5 Å². The van der Waals surface area contributed by atoms with Crippen molar-refractivity contribution in [3.8, 4) is 0 Å². The van der Waals surface area contributed by atoms with E-state index in [1.54, 1.807) is 55.1 Å². The maximum Gasteiger partial charge on any atom is 0.257 e. The zero-order chi connectivity index (χ0) is 23.8. The fourth-order valence-electron chi connectivity index (χ4n) is 4.21. The molecule has 0 spiro atoms. The van der Waals surface area contributed by atoms with Crippen molar-refractivity contribution < 1.29 is 19.7 Å². The third kappa shape index (κ3) is 4.39. The molecule has 1 atom stereocenters. The van der Waals surface area contributed by atoms with E-state index in [9.17, 15) is 15.0 Å². The van der Waals surface area contributed by atoms with Gasteiger partial charge in [-0.2, -0.15) is 0 Å². The number of aliphatic hydroxyl groups is 2. The standard InChI is InChI=1S/C26H25Cl2NO4/c1-25(2,32)19-7-12-23-22(15-19)24(31)29(16-17-3-8-20(27)9-4-17)26(23,33-14-13-30)18-5-10-21(28)11-6-18/h3-12,15,30,32H,13-14,16H2,1-2H3. The predicted octanol–water partition coefficient (Wildman–Crippen LogP) is 5.09. The average molecular weight is 486 g/mol. The number of ether oxygens (including phenoxy) is 1. The quantitative estimate of drug-likeness (QED) is 0.489. The molecule has 1 aliphatic rings. The number of hydrogen-bond acceptors (Lipinski definition) is 4. The van der Waals surface area contributed by atoms with E-state index in [2.05, 4.69) is 0 Å². The van der Waals surface area contributed by atoms with E-state index in [0.29, 0.717) is 32.3 Å². The van der Waals surface area contributed by atoms with Crippen molar-refractivity contribution in [3.63, 3.8) is 0 Å². The van der Waals surface area contributed by atoms with Gasteiger partial charge in [0.05, 0.1) is 18.8 Å². The zero-order valence-corrected chi connectivity index (χ0v) is 19.9. The molecular weight excluding hydrogens is 461 g/mol. The van der Waals surface area contributed by atoms with E-state index < -0.39 is 11.3 Å². The van der Waals surface area contributed by atoms with E-state index in [4.69, 9.17) is 27.9 Å². The molecule has 1 unspecified atom stereocenters. The van der Waals surface area contributed by atoms with Crippen LogP contribution in [0, 0.1) is 0 Å². The van der Waals surface area contributed by atoms with Crippen LogP contribution >= 0.6 is 23.2 Å². The molecule has 1 aliphatic heterocycles. The van der Waals surface area contributed by atoms with Crippen LogP contribution in [-0.2, 0) is 22.6 Å². The van der Waals surface area contributed by atoms with E-state index in [1.165, 1.54) is 0 Å². The first-order valence-corrected chi connectivity index (χ1v) is 11.4. The van der Waals surface area contributed by atoms with Gasteiger partial charge in [0.25, 0.3) is 5.91 Å². The number of aliphatic hydroxyl groups excluding tert-OH is 1. The van der Waals surface area contributed by atoms with E-state index >= 15 is 0 Å². The minimum Gasteiger partial charge on any atom is -0.394 e. The topological polar surface area (TPSA) is 70.0 Å². The van der Waals surface area contributed by atoms with Gasteiger partial charge in [-0.05, 0) is 55.3 Å².